The standard InChI is InChI=1S/C18H18BrNO4/c1-3-20(13-7-5-4-6-8-13)17(21)12-24-18(22)15-11-14(23-2)9-10-16(15)19/h4-11H,3,12H2,1-2H3. The normalized spacial score (nSPS) is 10.1. The molecule has 0 heterocycles. The summed E-state index contributed by atoms with van der Waals surface area (Å²) in [4.78, 5) is 26.1. The molecule has 0 aromatic heterocycles. The highest BCUT2D eigenvalue weighted by atomic mass is 79.9. The first-order chi connectivity index (χ1) is 11.6. The lowest BCUT2D eigenvalue weighted by atomic mass is 10.2. The lowest BCUT2D eigenvalue weighted by molar-refractivity contribution is -0.121. The molecule has 1 amide bonds. The topological polar surface area (TPSA) is 55.8 Å². The minimum atomic E-state index is -0.585. The van der Waals surface area contributed by atoms with Gasteiger partial charge in [0.25, 0.3) is 5.91 Å². The van der Waals surface area contributed by atoms with Gasteiger partial charge in [0.15, 0.2) is 6.61 Å². The van der Waals surface area contributed by atoms with Crippen LogP contribution in [0.5, 0.6) is 5.75 Å². The highest BCUT2D eigenvalue weighted by Crippen LogP contribution is 2.23. The van der Waals surface area contributed by atoms with Gasteiger partial charge in [-0.1, -0.05) is 18.2 Å². The van der Waals surface area contributed by atoms with E-state index in [1.807, 2.05) is 37.3 Å². The van der Waals surface area contributed by atoms with Crippen LogP contribution in [0.3, 0.4) is 0 Å². The average molecular weight is 392 g/mol. The third kappa shape index (κ3) is 4.35. The summed E-state index contributed by atoms with van der Waals surface area (Å²) in [5.74, 6) is -0.328. The quantitative estimate of drug-likeness (QED) is 0.704. The van der Waals surface area contributed by atoms with Crippen molar-refractivity contribution in [2.24, 2.45) is 0 Å². The van der Waals surface area contributed by atoms with Crippen LogP contribution in [0.15, 0.2) is 53.0 Å². The van der Waals surface area contributed by atoms with E-state index >= 15 is 0 Å². The van der Waals surface area contributed by atoms with Gasteiger partial charge >= 0.3 is 5.97 Å². The predicted molar refractivity (Wildman–Crippen MR) is 95.4 cm³/mol. The summed E-state index contributed by atoms with van der Waals surface area (Å²) >= 11 is 3.29. The van der Waals surface area contributed by atoms with Gasteiger partial charge in [-0.05, 0) is 53.2 Å². The Bertz CT molecular complexity index is 718. The maximum Gasteiger partial charge on any atom is 0.339 e. The van der Waals surface area contributed by atoms with E-state index in [0.29, 0.717) is 22.3 Å². The minimum absolute atomic E-state index is 0.281. The number of anilines is 1. The van der Waals surface area contributed by atoms with Crippen LogP contribution >= 0.6 is 15.9 Å². The summed E-state index contributed by atoms with van der Waals surface area (Å²) in [6.45, 7) is 2.03. The van der Waals surface area contributed by atoms with Crippen molar-refractivity contribution in [1.29, 1.82) is 0 Å². The van der Waals surface area contributed by atoms with Gasteiger partial charge in [0, 0.05) is 16.7 Å². The van der Waals surface area contributed by atoms with Crippen LogP contribution in [0.4, 0.5) is 5.69 Å². The Morgan fingerprint density at radius 2 is 1.83 bits per heavy atom. The molecule has 2 aromatic carbocycles. The Morgan fingerprint density at radius 1 is 1.12 bits per heavy atom. The lowest BCUT2D eigenvalue weighted by Gasteiger charge is -2.20. The molecule has 2 rings (SSSR count). The van der Waals surface area contributed by atoms with Gasteiger partial charge in [0.1, 0.15) is 5.75 Å². The van der Waals surface area contributed by atoms with Crippen molar-refractivity contribution in [3.05, 3.63) is 58.6 Å². The van der Waals surface area contributed by atoms with Crippen molar-refractivity contribution in [1.82, 2.24) is 0 Å². The number of para-hydroxylation sites is 1. The molecule has 0 unspecified atom stereocenters. The van der Waals surface area contributed by atoms with Gasteiger partial charge in [-0.3, -0.25) is 4.79 Å². The van der Waals surface area contributed by atoms with Gasteiger partial charge in [-0.2, -0.15) is 0 Å². The molecule has 0 bridgehead atoms. The fourth-order valence-corrected chi connectivity index (χ4v) is 2.59. The number of ether oxygens (including phenoxy) is 2. The molecule has 5 nitrogen and oxygen atoms in total. The van der Waals surface area contributed by atoms with Crippen LogP contribution in [0, 0.1) is 0 Å². The fraction of sp³-hybridized carbons (Fsp3) is 0.222. The fourth-order valence-electron chi connectivity index (χ4n) is 2.18. The highest BCUT2D eigenvalue weighted by molar-refractivity contribution is 9.10. The zero-order valence-electron chi connectivity index (χ0n) is 13.5. The van der Waals surface area contributed by atoms with E-state index in [1.54, 1.807) is 23.1 Å². The molecular formula is C18H18BrNO4. The van der Waals surface area contributed by atoms with E-state index in [-0.39, 0.29) is 12.5 Å². The Morgan fingerprint density at radius 3 is 2.46 bits per heavy atom. The second-order valence-electron chi connectivity index (χ2n) is 4.90. The largest absolute Gasteiger partial charge is 0.497 e. The number of nitrogens with zero attached hydrogens (tertiary/aromatic N) is 1. The molecule has 0 aliphatic rings. The smallest absolute Gasteiger partial charge is 0.339 e. The van der Waals surface area contributed by atoms with Gasteiger partial charge < -0.3 is 14.4 Å². The van der Waals surface area contributed by atoms with E-state index in [9.17, 15) is 9.59 Å². The SMILES string of the molecule is CCN(C(=O)COC(=O)c1cc(OC)ccc1Br)c1ccccc1. The summed E-state index contributed by atoms with van der Waals surface area (Å²) in [5.41, 5.74) is 1.08. The maximum absolute atomic E-state index is 12.3. The number of carbonyl (C=O) groups excluding carboxylic acids is 2. The summed E-state index contributed by atoms with van der Waals surface area (Å²) in [5, 5.41) is 0. The molecule has 0 fully saturated rings. The average Bonchev–Trinajstić information content (AvgIpc) is 2.61. The van der Waals surface area contributed by atoms with Crippen LogP contribution < -0.4 is 9.64 Å². The van der Waals surface area contributed by atoms with Gasteiger partial charge in [0.2, 0.25) is 0 Å². The molecule has 6 heteroatoms. The molecule has 0 saturated carbocycles. The van der Waals surface area contributed by atoms with Crippen LogP contribution in [0.1, 0.15) is 17.3 Å². The third-order valence-electron chi connectivity index (χ3n) is 3.41. The van der Waals surface area contributed by atoms with Crippen molar-refractivity contribution in [2.75, 3.05) is 25.2 Å². The van der Waals surface area contributed by atoms with E-state index in [2.05, 4.69) is 15.9 Å². The van der Waals surface area contributed by atoms with Crippen molar-refractivity contribution in [3.8, 4) is 5.75 Å². The number of amides is 1. The molecule has 0 aliphatic heterocycles. The van der Waals surface area contributed by atoms with E-state index < -0.39 is 5.97 Å². The number of halogens is 1. The number of likely N-dealkylation sites (N-methyl/N-ethyl adjacent to an activating group) is 1. The van der Waals surface area contributed by atoms with Crippen LogP contribution in [0.25, 0.3) is 0 Å². The van der Waals surface area contributed by atoms with Crippen molar-refractivity contribution in [3.63, 3.8) is 0 Å². The van der Waals surface area contributed by atoms with Gasteiger partial charge in [-0.15, -0.1) is 0 Å². The Hall–Kier alpha value is -2.34. The lowest BCUT2D eigenvalue weighted by Crippen LogP contribution is -2.34. The van der Waals surface area contributed by atoms with E-state index in [4.69, 9.17) is 9.47 Å². The number of esters is 1. The van der Waals surface area contributed by atoms with Crippen molar-refractivity contribution < 1.29 is 19.1 Å². The minimum Gasteiger partial charge on any atom is -0.497 e. The first-order valence-electron chi connectivity index (χ1n) is 7.43. The second kappa shape index (κ2) is 8.49. The molecule has 0 aliphatic carbocycles. The maximum atomic E-state index is 12.3. The number of hydrogen-bond donors (Lipinski definition) is 0. The second-order valence-corrected chi connectivity index (χ2v) is 5.75. The van der Waals surface area contributed by atoms with Crippen molar-refractivity contribution in [2.45, 2.75) is 6.92 Å². The predicted octanol–water partition coefficient (Wildman–Crippen LogP) is 3.67. The molecular weight excluding hydrogens is 374 g/mol. The van der Waals surface area contributed by atoms with Crippen LogP contribution in [-0.4, -0.2) is 32.1 Å². The Kier molecular flexibility index (Phi) is 6.37. The van der Waals surface area contributed by atoms with Crippen LogP contribution in [-0.2, 0) is 9.53 Å². The molecule has 0 radical (unpaired) electrons. The number of rotatable bonds is 6. The number of carbonyl (C=O) groups is 2. The van der Waals surface area contributed by atoms with Crippen molar-refractivity contribution >= 4 is 33.5 Å². The number of hydrogen-bond acceptors (Lipinski definition) is 4. The zero-order chi connectivity index (χ0) is 17.5. The molecule has 2 aromatic rings. The first kappa shape index (κ1) is 18.0. The molecule has 24 heavy (non-hydrogen) atoms. The summed E-state index contributed by atoms with van der Waals surface area (Å²) in [6, 6.07) is 14.2. The number of methoxy groups -OCH3 is 1. The third-order valence-corrected chi connectivity index (χ3v) is 4.10. The Labute approximate surface area is 149 Å². The first-order valence-corrected chi connectivity index (χ1v) is 8.22. The monoisotopic (exact) mass is 391 g/mol. The molecule has 0 N–H and O–H groups in total. The van der Waals surface area contributed by atoms with E-state index in [1.165, 1.54) is 7.11 Å². The Balaban J connectivity index is 2.04. The summed E-state index contributed by atoms with van der Waals surface area (Å²) in [7, 11) is 1.51. The molecule has 0 spiro atoms. The molecule has 0 atom stereocenters. The number of benzene rings is 2. The summed E-state index contributed by atoms with van der Waals surface area (Å²) < 4.78 is 10.8. The zero-order valence-corrected chi connectivity index (χ0v) is 15.1. The van der Waals surface area contributed by atoms with Gasteiger partial charge in [-0.25, -0.2) is 4.79 Å². The van der Waals surface area contributed by atoms with Gasteiger partial charge in [0.05, 0.1) is 12.7 Å². The van der Waals surface area contributed by atoms with E-state index in [0.717, 1.165) is 5.69 Å². The highest BCUT2D eigenvalue weighted by Gasteiger charge is 2.18. The summed E-state index contributed by atoms with van der Waals surface area (Å²) in [6.07, 6.45) is 0. The molecule has 126 valence electrons. The van der Waals surface area contributed by atoms with Crippen LogP contribution in [0.2, 0.25) is 0 Å². The molecule has 0 saturated heterocycles.